The molecule has 0 spiro atoms. The smallest absolute Gasteiger partial charge is 0.245 e. The molecule has 1 aromatic rings. The first-order valence-corrected chi connectivity index (χ1v) is 18.5. The molecule has 1 fully saturated rings. The molecule has 0 bridgehead atoms. The molecular weight excluding hydrogens is 652 g/mol. The van der Waals surface area contributed by atoms with Gasteiger partial charge in [-0.05, 0) is 43.4 Å². The summed E-state index contributed by atoms with van der Waals surface area (Å²) in [5.74, 6) is -1.53. The van der Waals surface area contributed by atoms with E-state index in [0.717, 1.165) is 12.1 Å². The van der Waals surface area contributed by atoms with Gasteiger partial charge in [-0.3, -0.25) is 24.2 Å². The minimum absolute atomic E-state index is 0.00499. The Hall–Kier alpha value is -3.13. The van der Waals surface area contributed by atoms with E-state index >= 15 is 0 Å². The molecule has 13 heteroatoms. The van der Waals surface area contributed by atoms with Crippen LogP contribution in [0, 0.1) is 23.7 Å². The van der Waals surface area contributed by atoms with E-state index in [-0.39, 0.29) is 53.9 Å². The lowest BCUT2D eigenvalue weighted by Gasteiger charge is -2.41. The number of nitrogens with zero attached hydrogens (tertiary/aromatic N) is 3. The number of rotatable bonds is 21. The van der Waals surface area contributed by atoms with Gasteiger partial charge in [0.1, 0.15) is 6.04 Å². The number of ether oxygens (including phenoxy) is 3. The van der Waals surface area contributed by atoms with Gasteiger partial charge in [0.25, 0.3) is 0 Å². The van der Waals surface area contributed by atoms with Gasteiger partial charge in [-0.2, -0.15) is 0 Å². The Morgan fingerprint density at radius 3 is 2.16 bits per heavy atom. The van der Waals surface area contributed by atoms with Gasteiger partial charge in [-0.1, -0.05) is 61.0 Å². The van der Waals surface area contributed by atoms with Crippen molar-refractivity contribution in [1.82, 2.24) is 30.7 Å². The zero-order valence-electron chi connectivity index (χ0n) is 33.1. The van der Waals surface area contributed by atoms with Crippen molar-refractivity contribution in [1.29, 1.82) is 0 Å². The average Bonchev–Trinajstić information content (AvgIpc) is 3.54. The molecule has 0 saturated carbocycles. The van der Waals surface area contributed by atoms with Gasteiger partial charge in [0.2, 0.25) is 23.6 Å². The highest BCUT2D eigenvalue weighted by atomic mass is 16.5. The predicted octanol–water partition coefficient (Wildman–Crippen LogP) is 2.67. The first kappa shape index (κ1) is 44.0. The van der Waals surface area contributed by atoms with Gasteiger partial charge in [0.05, 0.1) is 48.8 Å². The van der Waals surface area contributed by atoms with E-state index in [0.29, 0.717) is 25.9 Å². The zero-order chi connectivity index (χ0) is 38.4. The molecular formula is C38H66N6O7. The molecule has 290 valence electrons. The maximum atomic E-state index is 14.3. The fourth-order valence-corrected chi connectivity index (χ4v) is 7.22. The highest BCUT2D eigenvalue weighted by Crippen LogP contribution is 2.30. The van der Waals surface area contributed by atoms with E-state index in [4.69, 9.17) is 14.2 Å². The molecule has 1 aliphatic rings. The minimum Gasteiger partial charge on any atom is -0.380 e. The summed E-state index contributed by atoms with van der Waals surface area (Å²) in [6, 6.07) is 3.61. The standard InChI is InChI=1S/C38H66N6O7/c1-13-25(6)34(43(9)38(48)33(24(4)5)42-37(47)32(39-8)23(2)3)30(50-11)21-31(45)44-22-28(49-10)20-29(44)35(51-12)26(7)36(46)41-19-17-27-16-14-15-18-40-27/h14-16,18,23-26,28-30,32-35,39H,13,17,19-22H2,1-12H3,(H,41,46)(H,42,47)/t25?,26-,28-,29+,30-,32+,33?,34+,35-/m1/s1. The van der Waals surface area contributed by atoms with Crippen LogP contribution in [0.3, 0.4) is 0 Å². The van der Waals surface area contributed by atoms with Crippen LogP contribution in [0.25, 0.3) is 0 Å². The third-order valence-electron chi connectivity index (χ3n) is 10.5. The molecule has 0 aromatic carbocycles. The maximum absolute atomic E-state index is 14.3. The van der Waals surface area contributed by atoms with Crippen LogP contribution >= 0.6 is 0 Å². The third-order valence-corrected chi connectivity index (χ3v) is 10.5. The minimum atomic E-state index is -0.763. The quantitative estimate of drug-likeness (QED) is 0.174. The summed E-state index contributed by atoms with van der Waals surface area (Å²) in [5.41, 5.74) is 0.887. The molecule has 2 heterocycles. The second-order valence-corrected chi connectivity index (χ2v) is 14.6. The number of carbonyl (C=O) groups is 4. The number of hydrogen-bond acceptors (Lipinski definition) is 9. The fraction of sp³-hybridized carbons (Fsp3) is 0.763. The normalized spacial score (nSPS) is 20.3. The van der Waals surface area contributed by atoms with Crippen molar-refractivity contribution < 1.29 is 33.4 Å². The lowest BCUT2D eigenvalue weighted by atomic mass is 9.89. The van der Waals surface area contributed by atoms with Gasteiger partial charge in [0, 0.05) is 59.8 Å². The summed E-state index contributed by atoms with van der Waals surface area (Å²) in [6.45, 7) is 14.4. The molecule has 1 saturated heterocycles. The molecule has 2 rings (SSSR count). The number of likely N-dealkylation sites (tertiary alicyclic amines) is 1. The lowest BCUT2D eigenvalue weighted by Crippen LogP contribution is -2.59. The average molecular weight is 719 g/mol. The van der Waals surface area contributed by atoms with Crippen molar-refractivity contribution in [2.45, 2.75) is 117 Å². The summed E-state index contributed by atoms with van der Waals surface area (Å²) in [4.78, 5) is 62.6. The second kappa shape index (κ2) is 21.4. The Balaban J connectivity index is 2.28. The van der Waals surface area contributed by atoms with Crippen molar-refractivity contribution in [3.8, 4) is 0 Å². The Morgan fingerprint density at radius 2 is 1.65 bits per heavy atom. The van der Waals surface area contributed by atoms with E-state index in [1.165, 1.54) is 0 Å². The summed E-state index contributed by atoms with van der Waals surface area (Å²) in [5, 5.41) is 9.04. The van der Waals surface area contributed by atoms with Gasteiger partial charge in [0.15, 0.2) is 0 Å². The SMILES string of the molecule is CCC(C)[C@@H]([C@@H](CC(=O)N1C[C@H](OC)C[C@H]1[C@H](OC)[C@@H](C)C(=O)NCCc1ccccn1)OC)N(C)C(=O)C(NC(=O)[C@@H](NC)C(C)C)C(C)C. The van der Waals surface area contributed by atoms with Gasteiger partial charge in [-0.25, -0.2) is 0 Å². The topological polar surface area (TPSA) is 151 Å². The molecule has 2 unspecified atom stereocenters. The number of methoxy groups -OCH3 is 3. The Labute approximate surface area is 306 Å². The molecule has 9 atom stereocenters. The molecule has 4 amide bonds. The monoisotopic (exact) mass is 718 g/mol. The first-order valence-electron chi connectivity index (χ1n) is 18.5. The molecule has 1 aromatic heterocycles. The number of likely N-dealkylation sites (N-methyl/N-ethyl adjacent to an activating group) is 2. The van der Waals surface area contributed by atoms with Crippen LogP contribution in [0.1, 0.15) is 73.4 Å². The Kier molecular flexibility index (Phi) is 18.5. The van der Waals surface area contributed by atoms with Crippen molar-refractivity contribution in [3.63, 3.8) is 0 Å². The molecule has 13 nitrogen and oxygen atoms in total. The maximum Gasteiger partial charge on any atom is 0.245 e. The number of hydrogen-bond donors (Lipinski definition) is 3. The van der Waals surface area contributed by atoms with Crippen LogP contribution < -0.4 is 16.0 Å². The third kappa shape index (κ3) is 11.9. The number of aromatic nitrogens is 1. The van der Waals surface area contributed by atoms with Crippen molar-refractivity contribution in [2.24, 2.45) is 23.7 Å². The van der Waals surface area contributed by atoms with Crippen LogP contribution in [-0.4, -0.2) is 129 Å². The van der Waals surface area contributed by atoms with E-state index in [1.807, 2.05) is 66.7 Å². The fourth-order valence-electron chi connectivity index (χ4n) is 7.22. The van der Waals surface area contributed by atoms with E-state index in [1.54, 1.807) is 51.4 Å². The Bertz CT molecular complexity index is 1230. The van der Waals surface area contributed by atoms with Crippen molar-refractivity contribution in [2.75, 3.05) is 48.5 Å². The first-order chi connectivity index (χ1) is 24.2. The number of pyridine rings is 1. The molecule has 0 aliphatic carbocycles. The van der Waals surface area contributed by atoms with Crippen molar-refractivity contribution >= 4 is 23.6 Å². The van der Waals surface area contributed by atoms with Crippen molar-refractivity contribution in [3.05, 3.63) is 30.1 Å². The highest BCUT2D eigenvalue weighted by molar-refractivity contribution is 5.90. The van der Waals surface area contributed by atoms with Crippen LogP contribution in [0.15, 0.2) is 24.4 Å². The van der Waals surface area contributed by atoms with Gasteiger partial charge < -0.3 is 40.0 Å². The van der Waals surface area contributed by atoms with Crippen LogP contribution in [0.5, 0.6) is 0 Å². The molecule has 51 heavy (non-hydrogen) atoms. The predicted molar refractivity (Wildman–Crippen MR) is 198 cm³/mol. The zero-order valence-corrected chi connectivity index (χ0v) is 33.1. The van der Waals surface area contributed by atoms with E-state index < -0.39 is 42.3 Å². The summed E-state index contributed by atoms with van der Waals surface area (Å²) < 4.78 is 17.7. The molecule has 1 aliphatic heterocycles. The largest absolute Gasteiger partial charge is 0.380 e. The van der Waals surface area contributed by atoms with Crippen LogP contribution in [0.2, 0.25) is 0 Å². The molecule has 0 radical (unpaired) electrons. The number of carbonyl (C=O) groups excluding carboxylic acids is 4. The second-order valence-electron chi connectivity index (χ2n) is 14.6. The number of amides is 4. The van der Waals surface area contributed by atoms with Crippen LogP contribution in [-0.2, 0) is 39.8 Å². The summed E-state index contributed by atoms with van der Waals surface area (Å²) >= 11 is 0. The van der Waals surface area contributed by atoms with E-state index in [2.05, 4.69) is 20.9 Å². The van der Waals surface area contributed by atoms with Gasteiger partial charge in [-0.15, -0.1) is 0 Å². The lowest BCUT2D eigenvalue weighted by molar-refractivity contribution is -0.147. The summed E-state index contributed by atoms with van der Waals surface area (Å²) in [6.07, 6.45) is 2.13. The van der Waals surface area contributed by atoms with Crippen LogP contribution in [0.4, 0.5) is 0 Å². The number of nitrogens with one attached hydrogen (secondary N) is 3. The summed E-state index contributed by atoms with van der Waals surface area (Å²) in [7, 11) is 8.20. The Morgan fingerprint density at radius 1 is 0.980 bits per heavy atom. The molecule has 3 N–H and O–H groups in total. The van der Waals surface area contributed by atoms with Gasteiger partial charge >= 0.3 is 0 Å². The van der Waals surface area contributed by atoms with E-state index in [9.17, 15) is 19.2 Å². The highest BCUT2D eigenvalue weighted by Gasteiger charge is 2.45.